The number of aryl methyl sites for hydroxylation is 2. The molecule has 1 aromatic rings. The fourth-order valence-electron chi connectivity index (χ4n) is 2.86. The van der Waals surface area contributed by atoms with Crippen LogP contribution in [0.4, 0.5) is 5.82 Å². The average molecular weight is 322 g/mol. The Labute approximate surface area is 139 Å². The van der Waals surface area contributed by atoms with Gasteiger partial charge >= 0.3 is 5.97 Å². The molecule has 0 amide bonds. The van der Waals surface area contributed by atoms with Crippen molar-refractivity contribution in [2.45, 2.75) is 64.2 Å². The van der Waals surface area contributed by atoms with E-state index in [0.717, 1.165) is 43.7 Å². The van der Waals surface area contributed by atoms with Crippen molar-refractivity contribution < 1.29 is 16.1 Å². The first kappa shape index (κ1) is 17.4. The average Bonchev–Trinajstić information content (AvgIpc) is 2.55. The van der Waals surface area contributed by atoms with Crippen LogP contribution in [0.1, 0.15) is 64.1 Å². The van der Waals surface area contributed by atoms with Gasteiger partial charge in [0.05, 0.1) is 0 Å². The molecule has 0 aromatic carbocycles. The van der Waals surface area contributed by atoms with E-state index in [-0.39, 0.29) is 13.6 Å². The van der Waals surface area contributed by atoms with Gasteiger partial charge in [0.1, 0.15) is 11.6 Å². The molecule has 2 N–H and O–H groups in total. The summed E-state index contributed by atoms with van der Waals surface area (Å²) in [4.78, 5) is 26.8. The summed E-state index contributed by atoms with van der Waals surface area (Å²) in [6.07, 6.45) is 7.55. The van der Waals surface area contributed by atoms with E-state index in [0.29, 0.717) is 25.7 Å². The number of Topliss-reactive ketones (excluding diaryl/α,β-unsaturated/α-hetero) is 1. The molecule has 0 spiro atoms. The third-order valence-corrected chi connectivity index (χ3v) is 4.19. The van der Waals surface area contributed by atoms with E-state index < -0.39 is 5.97 Å². The number of hydrogen-bond acceptors (Lipinski definition) is 4. The second-order valence-electron chi connectivity index (χ2n) is 6.19. The molecule has 1 aromatic heterocycles. The van der Waals surface area contributed by atoms with Gasteiger partial charge in [0.25, 0.3) is 0 Å². The number of unbranched alkanes of at least 4 members (excludes halogenated alkanes) is 2. The zero-order valence-electron chi connectivity index (χ0n) is 13.6. The van der Waals surface area contributed by atoms with Gasteiger partial charge in [-0.1, -0.05) is 6.07 Å². The Morgan fingerprint density at radius 2 is 1.87 bits per heavy atom. The van der Waals surface area contributed by atoms with Gasteiger partial charge in [-0.2, -0.15) is 0 Å². The Balaban J connectivity index is 0.00000288. The number of carbonyl (C=O) groups excluding carboxylic acids is 1. The van der Waals surface area contributed by atoms with Crippen molar-refractivity contribution >= 4 is 17.6 Å². The minimum absolute atomic E-state index is 0. The van der Waals surface area contributed by atoms with E-state index in [1.54, 1.807) is 0 Å². The van der Waals surface area contributed by atoms with Gasteiger partial charge in [0.2, 0.25) is 0 Å². The number of pyridine rings is 1. The number of rotatable bonds is 10. The predicted molar refractivity (Wildman–Crippen MR) is 91.8 cm³/mol. The summed E-state index contributed by atoms with van der Waals surface area (Å²) in [7, 11) is 0. The molecule has 2 heterocycles. The van der Waals surface area contributed by atoms with Crippen molar-refractivity contribution in [3.63, 3.8) is 0 Å². The number of aromatic nitrogens is 1. The predicted octanol–water partition coefficient (Wildman–Crippen LogP) is 3.61. The molecule has 2 rings (SSSR count). The summed E-state index contributed by atoms with van der Waals surface area (Å²) >= 11 is 0. The monoisotopic (exact) mass is 322 g/mol. The first-order valence-electron chi connectivity index (χ1n) is 8.61. The van der Waals surface area contributed by atoms with E-state index in [1.807, 2.05) is 0 Å². The highest BCUT2D eigenvalue weighted by molar-refractivity contribution is 5.78. The number of aliphatic carboxylic acids is 1. The summed E-state index contributed by atoms with van der Waals surface area (Å²) in [6.45, 7) is 1.000. The van der Waals surface area contributed by atoms with Crippen molar-refractivity contribution in [3.05, 3.63) is 23.4 Å². The molecular weight excluding hydrogens is 292 g/mol. The van der Waals surface area contributed by atoms with E-state index in [9.17, 15) is 9.59 Å². The number of ketones is 1. The molecule has 0 saturated heterocycles. The number of carboxylic acids is 1. The van der Waals surface area contributed by atoms with Crippen molar-refractivity contribution in [2.75, 3.05) is 11.9 Å². The number of anilines is 1. The lowest BCUT2D eigenvalue weighted by Crippen LogP contribution is -2.14. The van der Waals surface area contributed by atoms with Crippen molar-refractivity contribution in [3.8, 4) is 0 Å². The van der Waals surface area contributed by atoms with Crippen LogP contribution in [0.25, 0.3) is 0 Å². The fourth-order valence-corrected chi connectivity index (χ4v) is 2.86. The molecule has 0 bridgehead atoms. The highest BCUT2D eigenvalue weighted by Gasteiger charge is 2.10. The maximum Gasteiger partial charge on any atom is 0.303 e. The summed E-state index contributed by atoms with van der Waals surface area (Å²) < 4.78 is 0. The van der Waals surface area contributed by atoms with Crippen LogP contribution in [0.15, 0.2) is 12.1 Å². The molecule has 1 aliphatic rings. The Hall–Kier alpha value is -1.91. The van der Waals surface area contributed by atoms with E-state index in [2.05, 4.69) is 22.4 Å². The normalized spacial score (nSPS) is 13.2. The van der Waals surface area contributed by atoms with Crippen LogP contribution in [0.2, 0.25) is 0 Å². The van der Waals surface area contributed by atoms with Crippen LogP contribution >= 0.6 is 0 Å². The molecule has 0 unspecified atom stereocenters. The van der Waals surface area contributed by atoms with E-state index in [1.165, 1.54) is 12.0 Å². The lowest BCUT2D eigenvalue weighted by Gasteiger charge is -2.17. The largest absolute Gasteiger partial charge is 0.481 e. The summed E-state index contributed by atoms with van der Waals surface area (Å²) in [5.41, 5.74) is 2.39. The topological polar surface area (TPSA) is 79.3 Å². The van der Waals surface area contributed by atoms with Crippen LogP contribution in [0.5, 0.6) is 0 Å². The molecule has 0 atom stereocenters. The molecule has 0 radical (unpaired) electrons. The van der Waals surface area contributed by atoms with E-state index in [4.69, 9.17) is 5.11 Å². The van der Waals surface area contributed by atoms with Crippen LogP contribution in [-0.4, -0.2) is 28.4 Å². The summed E-state index contributed by atoms with van der Waals surface area (Å²) in [6, 6.07) is 4.26. The Morgan fingerprint density at radius 1 is 1.13 bits per heavy atom. The number of nitrogens with one attached hydrogen (secondary N) is 1. The molecule has 128 valence electrons. The third kappa shape index (κ3) is 6.38. The van der Waals surface area contributed by atoms with Gasteiger partial charge in [-0.25, -0.2) is 4.98 Å². The Kier molecular flexibility index (Phi) is 7.04. The molecule has 0 saturated carbocycles. The molecule has 0 fully saturated rings. The molecule has 1 aliphatic heterocycles. The van der Waals surface area contributed by atoms with Crippen LogP contribution < -0.4 is 5.32 Å². The van der Waals surface area contributed by atoms with Gasteiger partial charge in [-0.05, 0) is 56.6 Å². The molecule has 23 heavy (non-hydrogen) atoms. The Morgan fingerprint density at radius 3 is 2.65 bits per heavy atom. The maximum atomic E-state index is 11.7. The number of carboxylic acid groups (broad SMARTS) is 1. The van der Waals surface area contributed by atoms with E-state index >= 15 is 0 Å². The lowest BCUT2D eigenvalue weighted by atomic mass is 10.0. The van der Waals surface area contributed by atoms with Crippen molar-refractivity contribution in [2.24, 2.45) is 0 Å². The van der Waals surface area contributed by atoms with Crippen LogP contribution in [-0.2, 0) is 22.4 Å². The Bertz CT molecular complexity index is 549. The van der Waals surface area contributed by atoms with Crippen molar-refractivity contribution in [1.82, 2.24) is 4.98 Å². The molecule has 0 aliphatic carbocycles. The van der Waals surface area contributed by atoms with Crippen LogP contribution in [0, 0.1) is 0 Å². The summed E-state index contributed by atoms with van der Waals surface area (Å²) in [5.74, 6) is 0.489. The standard InChI is InChI=1S/C18H26N2O3.H2/c21-16(9-3-4-10-17(22)23)8-2-1-7-15-12-11-14-6-5-13-19-18(14)20-15;/h11-12H,1-10,13H2,(H,19,20)(H,22,23);1H/i;1+2. The smallest absolute Gasteiger partial charge is 0.303 e. The first-order valence-corrected chi connectivity index (χ1v) is 8.61. The second kappa shape index (κ2) is 9.28. The van der Waals surface area contributed by atoms with Gasteiger partial charge in [-0.15, -0.1) is 0 Å². The van der Waals surface area contributed by atoms with Crippen LogP contribution in [0.3, 0.4) is 0 Å². The quantitative estimate of drug-likeness (QED) is 0.643. The third-order valence-electron chi connectivity index (χ3n) is 4.19. The van der Waals surface area contributed by atoms with Gasteiger partial charge in [-0.3, -0.25) is 9.59 Å². The van der Waals surface area contributed by atoms with Gasteiger partial charge in [0.15, 0.2) is 0 Å². The molecular formula is C18H28N2O3. The van der Waals surface area contributed by atoms with Crippen molar-refractivity contribution in [1.29, 1.82) is 0 Å². The number of fused-ring (bicyclic) bond motifs is 1. The number of nitrogens with zero attached hydrogens (tertiary/aromatic N) is 1. The molecule has 5 nitrogen and oxygen atoms in total. The fraction of sp³-hybridized carbons (Fsp3) is 0.611. The second-order valence-corrected chi connectivity index (χ2v) is 6.19. The highest BCUT2D eigenvalue weighted by Crippen LogP contribution is 2.20. The number of carbonyl (C=O) groups is 2. The first-order chi connectivity index (χ1) is 11.1. The minimum atomic E-state index is -0.788. The number of hydrogen-bond donors (Lipinski definition) is 2. The van der Waals surface area contributed by atoms with Gasteiger partial charge in [0, 0.05) is 32.9 Å². The zero-order chi connectivity index (χ0) is 16.5. The highest BCUT2D eigenvalue weighted by atomic mass is 16.4. The zero-order valence-corrected chi connectivity index (χ0v) is 13.6. The molecule has 5 heteroatoms. The summed E-state index contributed by atoms with van der Waals surface area (Å²) in [5, 5.41) is 11.9. The maximum absolute atomic E-state index is 11.7. The lowest BCUT2D eigenvalue weighted by molar-refractivity contribution is -0.137. The SMILES string of the molecule is O=C(O)CCCCC(=O)CCCCc1ccc2c(n1)NCCC2.[3HH]. The minimum Gasteiger partial charge on any atom is -0.481 e. The van der Waals surface area contributed by atoms with Gasteiger partial charge < -0.3 is 10.4 Å².